The molecular formula is C11H15N3O4. The van der Waals surface area contributed by atoms with Crippen molar-refractivity contribution in [1.82, 2.24) is 5.32 Å². The first kappa shape index (κ1) is 13.8. The Morgan fingerprint density at radius 1 is 1.39 bits per heavy atom. The minimum Gasteiger partial charge on any atom is -0.497 e. The molecule has 0 spiro atoms. The van der Waals surface area contributed by atoms with Gasteiger partial charge in [0, 0.05) is 5.69 Å². The Kier molecular flexibility index (Phi) is 4.94. The summed E-state index contributed by atoms with van der Waals surface area (Å²) in [7, 11) is 1.54. The van der Waals surface area contributed by atoms with Crippen molar-refractivity contribution in [2.45, 2.75) is 6.10 Å². The summed E-state index contributed by atoms with van der Waals surface area (Å²) >= 11 is 0. The minimum absolute atomic E-state index is 0.239. The van der Waals surface area contributed by atoms with Gasteiger partial charge in [-0.2, -0.15) is 0 Å². The van der Waals surface area contributed by atoms with Crippen molar-refractivity contribution in [3.8, 4) is 5.75 Å². The predicted octanol–water partition coefficient (Wildman–Crippen LogP) is -0.337. The first-order chi connectivity index (χ1) is 8.52. The average Bonchev–Trinajstić information content (AvgIpc) is 2.36. The van der Waals surface area contributed by atoms with Crippen LogP contribution in [-0.2, 0) is 4.79 Å². The standard InChI is InChI=1S/C11H15N3O4/c1-18-8-4-2-7(3-5-8)14-11(17)13-6-9(15)10(12)16/h2-5,9,15H,6H2,1H3,(H2,12,16)(H2,13,14,17). The van der Waals surface area contributed by atoms with Crippen LogP contribution in [0.5, 0.6) is 5.75 Å². The topological polar surface area (TPSA) is 114 Å². The zero-order valence-corrected chi connectivity index (χ0v) is 9.84. The normalized spacial score (nSPS) is 11.4. The van der Waals surface area contributed by atoms with Gasteiger partial charge in [-0.1, -0.05) is 0 Å². The largest absolute Gasteiger partial charge is 0.497 e. The Labute approximate surface area is 104 Å². The van der Waals surface area contributed by atoms with Crippen LogP contribution in [0.3, 0.4) is 0 Å². The van der Waals surface area contributed by atoms with Gasteiger partial charge in [0.2, 0.25) is 5.91 Å². The molecule has 0 bridgehead atoms. The van der Waals surface area contributed by atoms with Crippen molar-refractivity contribution in [1.29, 1.82) is 0 Å². The number of amides is 3. The van der Waals surface area contributed by atoms with Gasteiger partial charge >= 0.3 is 6.03 Å². The number of carbonyl (C=O) groups excluding carboxylic acids is 2. The van der Waals surface area contributed by atoms with E-state index >= 15 is 0 Å². The van der Waals surface area contributed by atoms with Gasteiger partial charge in [0.05, 0.1) is 13.7 Å². The minimum atomic E-state index is -1.40. The maximum atomic E-state index is 11.4. The Morgan fingerprint density at radius 3 is 2.50 bits per heavy atom. The molecule has 1 unspecified atom stereocenters. The molecule has 0 radical (unpaired) electrons. The Morgan fingerprint density at radius 2 is 2.00 bits per heavy atom. The number of primary amides is 1. The predicted molar refractivity (Wildman–Crippen MR) is 65.2 cm³/mol. The van der Waals surface area contributed by atoms with Crippen LogP contribution in [0.15, 0.2) is 24.3 Å². The zero-order valence-electron chi connectivity index (χ0n) is 9.84. The number of hydrogen-bond donors (Lipinski definition) is 4. The van der Waals surface area contributed by atoms with Crippen molar-refractivity contribution in [2.24, 2.45) is 5.73 Å². The summed E-state index contributed by atoms with van der Waals surface area (Å²) < 4.78 is 4.97. The van der Waals surface area contributed by atoms with E-state index in [1.165, 1.54) is 0 Å². The summed E-state index contributed by atoms with van der Waals surface area (Å²) in [6.45, 7) is -0.239. The quantitative estimate of drug-likeness (QED) is 0.575. The monoisotopic (exact) mass is 253 g/mol. The molecular weight excluding hydrogens is 238 g/mol. The molecule has 0 aliphatic heterocycles. The van der Waals surface area contributed by atoms with Gasteiger partial charge in [-0.15, -0.1) is 0 Å². The Hall–Kier alpha value is -2.28. The highest BCUT2D eigenvalue weighted by Crippen LogP contribution is 2.14. The molecule has 5 N–H and O–H groups in total. The molecule has 1 atom stereocenters. The molecule has 0 heterocycles. The van der Waals surface area contributed by atoms with E-state index in [9.17, 15) is 9.59 Å². The second kappa shape index (κ2) is 6.45. The number of aliphatic hydroxyl groups is 1. The van der Waals surface area contributed by atoms with E-state index in [4.69, 9.17) is 15.6 Å². The van der Waals surface area contributed by atoms with Gasteiger partial charge in [0.15, 0.2) is 0 Å². The number of methoxy groups -OCH3 is 1. The first-order valence-electron chi connectivity index (χ1n) is 5.19. The first-order valence-corrected chi connectivity index (χ1v) is 5.19. The van der Waals surface area contributed by atoms with Crippen molar-refractivity contribution in [3.63, 3.8) is 0 Å². The summed E-state index contributed by atoms with van der Waals surface area (Å²) in [6, 6.07) is 6.15. The van der Waals surface area contributed by atoms with Crippen LogP contribution >= 0.6 is 0 Å². The number of urea groups is 1. The molecule has 98 valence electrons. The molecule has 7 nitrogen and oxygen atoms in total. The lowest BCUT2D eigenvalue weighted by Crippen LogP contribution is -2.41. The van der Waals surface area contributed by atoms with Crippen molar-refractivity contribution in [3.05, 3.63) is 24.3 Å². The number of rotatable bonds is 5. The molecule has 1 aromatic carbocycles. The highest BCUT2D eigenvalue weighted by Gasteiger charge is 2.11. The zero-order chi connectivity index (χ0) is 13.5. The Bertz CT molecular complexity index is 419. The van der Waals surface area contributed by atoms with Crippen LogP contribution in [0, 0.1) is 0 Å². The van der Waals surface area contributed by atoms with Gasteiger partial charge in [-0.3, -0.25) is 4.79 Å². The molecule has 0 aliphatic rings. The van der Waals surface area contributed by atoms with Gasteiger partial charge in [-0.25, -0.2) is 4.79 Å². The van der Waals surface area contributed by atoms with Crippen LogP contribution in [0.25, 0.3) is 0 Å². The van der Waals surface area contributed by atoms with Crippen molar-refractivity contribution >= 4 is 17.6 Å². The second-order valence-electron chi connectivity index (χ2n) is 3.48. The van der Waals surface area contributed by atoms with E-state index in [1.54, 1.807) is 31.4 Å². The molecule has 7 heteroatoms. The molecule has 18 heavy (non-hydrogen) atoms. The highest BCUT2D eigenvalue weighted by atomic mass is 16.5. The molecule has 0 aliphatic carbocycles. The summed E-state index contributed by atoms with van der Waals surface area (Å²) in [6.07, 6.45) is -1.40. The lowest BCUT2D eigenvalue weighted by atomic mass is 10.3. The van der Waals surface area contributed by atoms with Crippen LogP contribution in [0.1, 0.15) is 0 Å². The average molecular weight is 253 g/mol. The van der Waals surface area contributed by atoms with Gasteiger partial charge in [0.1, 0.15) is 11.9 Å². The number of hydrogen-bond acceptors (Lipinski definition) is 4. The van der Waals surface area contributed by atoms with Crippen LogP contribution < -0.4 is 21.1 Å². The van der Waals surface area contributed by atoms with Gasteiger partial charge in [-0.05, 0) is 24.3 Å². The van der Waals surface area contributed by atoms with E-state index in [1.807, 2.05) is 0 Å². The molecule has 0 aromatic heterocycles. The van der Waals surface area contributed by atoms with Crippen LogP contribution in [0.4, 0.5) is 10.5 Å². The highest BCUT2D eigenvalue weighted by molar-refractivity contribution is 5.89. The van der Waals surface area contributed by atoms with E-state index < -0.39 is 18.0 Å². The van der Waals surface area contributed by atoms with Gasteiger partial charge in [0.25, 0.3) is 0 Å². The fraction of sp³-hybridized carbons (Fsp3) is 0.273. The number of nitrogens with two attached hydrogens (primary N) is 1. The number of benzene rings is 1. The third-order valence-corrected chi connectivity index (χ3v) is 2.13. The van der Waals surface area contributed by atoms with Crippen molar-refractivity contribution in [2.75, 3.05) is 19.0 Å². The van der Waals surface area contributed by atoms with E-state index in [-0.39, 0.29) is 6.54 Å². The second-order valence-corrected chi connectivity index (χ2v) is 3.48. The number of anilines is 1. The molecule has 1 rings (SSSR count). The lowest BCUT2D eigenvalue weighted by molar-refractivity contribution is -0.125. The molecule has 0 saturated heterocycles. The van der Waals surface area contributed by atoms with Crippen LogP contribution in [-0.4, -0.2) is 36.8 Å². The van der Waals surface area contributed by atoms with Gasteiger partial charge < -0.3 is 26.2 Å². The van der Waals surface area contributed by atoms with Crippen LogP contribution in [0.2, 0.25) is 0 Å². The van der Waals surface area contributed by atoms with E-state index in [2.05, 4.69) is 10.6 Å². The smallest absolute Gasteiger partial charge is 0.319 e. The lowest BCUT2D eigenvalue weighted by Gasteiger charge is -2.10. The maximum Gasteiger partial charge on any atom is 0.319 e. The number of carbonyl (C=O) groups is 2. The summed E-state index contributed by atoms with van der Waals surface area (Å²) in [5.41, 5.74) is 5.39. The SMILES string of the molecule is COc1ccc(NC(=O)NCC(O)C(N)=O)cc1. The Balaban J connectivity index is 2.42. The molecule has 3 amide bonds. The molecule has 0 fully saturated rings. The number of aliphatic hydroxyl groups excluding tert-OH is 1. The summed E-state index contributed by atoms with van der Waals surface area (Å²) in [5.74, 6) is -0.218. The fourth-order valence-electron chi connectivity index (χ4n) is 1.14. The van der Waals surface area contributed by atoms with Crippen molar-refractivity contribution < 1.29 is 19.4 Å². The third-order valence-electron chi connectivity index (χ3n) is 2.13. The van der Waals surface area contributed by atoms with E-state index in [0.29, 0.717) is 11.4 Å². The third kappa shape index (κ3) is 4.30. The molecule has 0 saturated carbocycles. The number of ether oxygens (including phenoxy) is 1. The summed E-state index contributed by atoms with van der Waals surface area (Å²) in [5, 5.41) is 13.9. The maximum absolute atomic E-state index is 11.4. The fourth-order valence-corrected chi connectivity index (χ4v) is 1.14. The van der Waals surface area contributed by atoms with E-state index in [0.717, 1.165) is 0 Å². The summed E-state index contributed by atoms with van der Waals surface area (Å²) in [4.78, 5) is 21.9. The number of nitrogens with one attached hydrogen (secondary N) is 2. The molecule has 1 aromatic rings.